The van der Waals surface area contributed by atoms with Crippen LogP contribution in [-0.2, 0) is 9.47 Å². The number of halogens is 1. The molecule has 5 heteroatoms. The van der Waals surface area contributed by atoms with E-state index in [4.69, 9.17) is 26.8 Å². The fourth-order valence-electron chi connectivity index (χ4n) is 2.24. The second-order valence-corrected chi connectivity index (χ2v) is 5.50. The molecule has 0 saturated carbocycles. The van der Waals surface area contributed by atoms with Crippen LogP contribution in [0.3, 0.4) is 0 Å². The highest BCUT2D eigenvalue weighted by atomic mass is 35.5. The van der Waals surface area contributed by atoms with E-state index in [0.717, 1.165) is 56.3 Å². The van der Waals surface area contributed by atoms with Gasteiger partial charge in [0.2, 0.25) is 0 Å². The predicted molar refractivity (Wildman–Crippen MR) is 87.8 cm³/mol. The van der Waals surface area contributed by atoms with Crippen LogP contribution in [0.2, 0.25) is 5.02 Å². The average molecular weight is 315 g/mol. The van der Waals surface area contributed by atoms with Crippen molar-refractivity contribution >= 4 is 11.6 Å². The van der Waals surface area contributed by atoms with Crippen molar-refractivity contribution in [2.45, 2.75) is 18.9 Å². The summed E-state index contributed by atoms with van der Waals surface area (Å²) in [5, 5.41) is 0.743. The van der Waals surface area contributed by atoms with Gasteiger partial charge in [0.25, 0.3) is 0 Å². The number of rotatable bonds is 11. The van der Waals surface area contributed by atoms with E-state index in [1.54, 1.807) is 14.2 Å². The number of ether oxygens (including phenoxy) is 2. The molecule has 1 unspecified atom stereocenters. The van der Waals surface area contributed by atoms with Crippen LogP contribution in [0.4, 0.5) is 0 Å². The number of benzene rings is 1. The zero-order valence-electron chi connectivity index (χ0n) is 13.1. The second kappa shape index (κ2) is 11.0. The minimum absolute atomic E-state index is 0.0360. The Morgan fingerprint density at radius 3 is 2.48 bits per heavy atom. The van der Waals surface area contributed by atoms with Crippen molar-refractivity contribution in [2.24, 2.45) is 5.73 Å². The maximum absolute atomic E-state index is 6.26. The lowest BCUT2D eigenvalue weighted by Gasteiger charge is -2.24. The van der Waals surface area contributed by atoms with E-state index in [1.807, 2.05) is 24.3 Å². The third-order valence-electron chi connectivity index (χ3n) is 3.50. The van der Waals surface area contributed by atoms with Crippen LogP contribution in [0.15, 0.2) is 24.3 Å². The number of nitrogens with zero attached hydrogens (tertiary/aromatic N) is 1. The van der Waals surface area contributed by atoms with Crippen molar-refractivity contribution in [1.29, 1.82) is 0 Å². The standard InChI is InChI=1S/C16H27ClN2O2/c1-20-12-5-9-19(11-13-21-2)10-8-16(18)14-6-3-4-7-15(14)17/h3-4,6-7,16H,5,8-13,18H2,1-2H3. The summed E-state index contributed by atoms with van der Waals surface area (Å²) in [6, 6.07) is 7.75. The third kappa shape index (κ3) is 7.25. The minimum atomic E-state index is -0.0360. The smallest absolute Gasteiger partial charge is 0.0589 e. The molecule has 1 aromatic carbocycles. The summed E-state index contributed by atoms with van der Waals surface area (Å²) < 4.78 is 10.3. The first kappa shape index (κ1) is 18.4. The molecular formula is C16H27ClN2O2. The van der Waals surface area contributed by atoms with Crippen LogP contribution in [0.5, 0.6) is 0 Å². The highest BCUT2D eigenvalue weighted by molar-refractivity contribution is 6.31. The van der Waals surface area contributed by atoms with Crippen LogP contribution in [0.1, 0.15) is 24.4 Å². The van der Waals surface area contributed by atoms with Gasteiger partial charge in [0.15, 0.2) is 0 Å². The number of hydrogen-bond donors (Lipinski definition) is 1. The Morgan fingerprint density at radius 1 is 1.10 bits per heavy atom. The molecule has 1 aromatic rings. The maximum atomic E-state index is 6.26. The molecule has 0 bridgehead atoms. The lowest BCUT2D eigenvalue weighted by atomic mass is 10.0. The number of hydrogen-bond acceptors (Lipinski definition) is 4. The van der Waals surface area contributed by atoms with Crippen molar-refractivity contribution < 1.29 is 9.47 Å². The molecular weight excluding hydrogens is 288 g/mol. The van der Waals surface area contributed by atoms with E-state index >= 15 is 0 Å². The third-order valence-corrected chi connectivity index (χ3v) is 3.84. The number of methoxy groups -OCH3 is 2. The fourth-order valence-corrected chi connectivity index (χ4v) is 2.52. The van der Waals surface area contributed by atoms with E-state index < -0.39 is 0 Å². The molecule has 0 amide bonds. The Bertz CT molecular complexity index is 390. The van der Waals surface area contributed by atoms with Gasteiger partial charge in [0, 0.05) is 51.5 Å². The molecule has 0 heterocycles. The zero-order valence-corrected chi connectivity index (χ0v) is 13.8. The van der Waals surface area contributed by atoms with Gasteiger partial charge in [-0.15, -0.1) is 0 Å². The van der Waals surface area contributed by atoms with Gasteiger partial charge in [0.1, 0.15) is 0 Å². The zero-order chi connectivity index (χ0) is 15.5. The molecule has 120 valence electrons. The van der Waals surface area contributed by atoms with E-state index in [2.05, 4.69) is 4.90 Å². The molecule has 4 nitrogen and oxygen atoms in total. The first-order valence-corrected chi connectivity index (χ1v) is 7.77. The molecule has 1 atom stereocenters. The lowest BCUT2D eigenvalue weighted by Crippen LogP contribution is -2.32. The molecule has 0 aliphatic heterocycles. The highest BCUT2D eigenvalue weighted by Crippen LogP contribution is 2.23. The largest absolute Gasteiger partial charge is 0.385 e. The van der Waals surface area contributed by atoms with E-state index in [0.29, 0.717) is 0 Å². The molecule has 0 fully saturated rings. The van der Waals surface area contributed by atoms with Crippen LogP contribution in [0.25, 0.3) is 0 Å². The van der Waals surface area contributed by atoms with Gasteiger partial charge in [-0.2, -0.15) is 0 Å². The fraction of sp³-hybridized carbons (Fsp3) is 0.625. The van der Waals surface area contributed by atoms with Crippen molar-refractivity contribution in [2.75, 3.05) is 47.1 Å². The molecule has 2 N–H and O–H groups in total. The topological polar surface area (TPSA) is 47.7 Å². The minimum Gasteiger partial charge on any atom is -0.385 e. The summed E-state index contributed by atoms with van der Waals surface area (Å²) in [5.41, 5.74) is 7.28. The highest BCUT2D eigenvalue weighted by Gasteiger charge is 2.12. The molecule has 0 saturated heterocycles. The summed E-state index contributed by atoms with van der Waals surface area (Å²) in [7, 11) is 3.45. The molecule has 21 heavy (non-hydrogen) atoms. The second-order valence-electron chi connectivity index (χ2n) is 5.10. The van der Waals surface area contributed by atoms with Crippen molar-refractivity contribution in [3.8, 4) is 0 Å². The number of nitrogens with two attached hydrogens (primary N) is 1. The molecule has 0 spiro atoms. The summed E-state index contributed by atoms with van der Waals surface area (Å²) in [5.74, 6) is 0. The van der Waals surface area contributed by atoms with Gasteiger partial charge in [-0.25, -0.2) is 0 Å². The Labute approximate surface area is 133 Å². The van der Waals surface area contributed by atoms with E-state index in [-0.39, 0.29) is 6.04 Å². The Kier molecular flexibility index (Phi) is 9.63. The van der Waals surface area contributed by atoms with Gasteiger partial charge < -0.3 is 20.1 Å². The van der Waals surface area contributed by atoms with Crippen molar-refractivity contribution in [3.05, 3.63) is 34.9 Å². The van der Waals surface area contributed by atoms with Crippen LogP contribution >= 0.6 is 11.6 Å². The van der Waals surface area contributed by atoms with Gasteiger partial charge in [-0.3, -0.25) is 0 Å². The quantitative estimate of drug-likeness (QED) is 0.638. The van der Waals surface area contributed by atoms with Crippen molar-refractivity contribution in [3.63, 3.8) is 0 Å². The first-order valence-electron chi connectivity index (χ1n) is 7.39. The predicted octanol–water partition coefficient (Wildman–Crippen LogP) is 2.71. The first-order chi connectivity index (χ1) is 10.2. The van der Waals surface area contributed by atoms with Gasteiger partial charge in [0.05, 0.1) is 6.61 Å². The molecule has 0 radical (unpaired) electrons. The Hall–Kier alpha value is -0.650. The maximum Gasteiger partial charge on any atom is 0.0589 e. The molecule has 0 aliphatic rings. The normalized spacial score (nSPS) is 12.8. The average Bonchev–Trinajstić information content (AvgIpc) is 2.49. The molecule has 1 rings (SSSR count). The van der Waals surface area contributed by atoms with E-state index in [9.17, 15) is 0 Å². The summed E-state index contributed by atoms with van der Waals surface area (Å²) >= 11 is 6.19. The molecule has 0 aliphatic carbocycles. The lowest BCUT2D eigenvalue weighted by molar-refractivity contribution is 0.131. The Morgan fingerprint density at radius 2 is 1.81 bits per heavy atom. The van der Waals surface area contributed by atoms with Gasteiger partial charge in [-0.1, -0.05) is 29.8 Å². The molecule has 0 aromatic heterocycles. The van der Waals surface area contributed by atoms with Gasteiger partial charge in [-0.05, 0) is 24.5 Å². The van der Waals surface area contributed by atoms with Crippen LogP contribution in [0, 0.1) is 0 Å². The van der Waals surface area contributed by atoms with Crippen LogP contribution < -0.4 is 5.73 Å². The van der Waals surface area contributed by atoms with E-state index in [1.165, 1.54) is 0 Å². The SMILES string of the molecule is COCCCN(CCOC)CCC(N)c1ccccc1Cl. The summed E-state index contributed by atoms with van der Waals surface area (Å²) in [6.45, 7) is 4.34. The summed E-state index contributed by atoms with van der Waals surface area (Å²) in [4.78, 5) is 2.36. The summed E-state index contributed by atoms with van der Waals surface area (Å²) in [6.07, 6.45) is 1.89. The van der Waals surface area contributed by atoms with Crippen LogP contribution in [-0.4, -0.2) is 52.0 Å². The van der Waals surface area contributed by atoms with Gasteiger partial charge >= 0.3 is 0 Å². The monoisotopic (exact) mass is 314 g/mol. The van der Waals surface area contributed by atoms with Crippen molar-refractivity contribution in [1.82, 2.24) is 4.90 Å². The Balaban J connectivity index is 2.45.